The van der Waals surface area contributed by atoms with Gasteiger partial charge in [-0.3, -0.25) is 19.9 Å². The number of hydrogen-bond donors (Lipinski definition) is 1. The van der Waals surface area contributed by atoms with Crippen molar-refractivity contribution in [3.8, 4) is 11.5 Å². The van der Waals surface area contributed by atoms with Gasteiger partial charge in [-0.1, -0.05) is 19.1 Å². The van der Waals surface area contributed by atoms with Crippen LogP contribution in [0.4, 0.5) is 10.5 Å². The molecule has 0 spiro atoms. The minimum atomic E-state index is -0.815. The van der Waals surface area contributed by atoms with Crippen LogP contribution in [0.25, 0.3) is 6.08 Å². The number of carbonyl (C=O) groups excluding carboxylic acids is 3. The van der Waals surface area contributed by atoms with Crippen LogP contribution >= 0.6 is 0 Å². The van der Waals surface area contributed by atoms with Gasteiger partial charge in [-0.05, 0) is 37.6 Å². The van der Waals surface area contributed by atoms with E-state index in [2.05, 4.69) is 10.3 Å². The summed E-state index contributed by atoms with van der Waals surface area (Å²) in [7, 11) is 1.51. The molecule has 2 aromatic rings. The number of imide groups is 2. The largest absolute Gasteiger partial charge is 0.493 e. The molecule has 8 heteroatoms. The number of ether oxygens (including phenoxy) is 2. The Morgan fingerprint density at radius 3 is 2.55 bits per heavy atom. The smallest absolute Gasteiger partial charge is 0.335 e. The second kappa shape index (κ2) is 8.55. The SMILES string of the molecule is CC[C@@H](C)Oc1c(/C=C2\C(=O)NC(=O)N(c3ccncc3)C2=O)cccc1OC. The maximum Gasteiger partial charge on any atom is 0.335 e. The number of barbiturate groups is 1. The first kappa shape index (κ1) is 20.1. The summed E-state index contributed by atoms with van der Waals surface area (Å²) in [4.78, 5) is 42.4. The summed E-state index contributed by atoms with van der Waals surface area (Å²) in [6, 6.07) is 7.37. The number of hydrogen-bond acceptors (Lipinski definition) is 6. The van der Waals surface area contributed by atoms with Crippen molar-refractivity contribution in [2.24, 2.45) is 0 Å². The number of aromatic nitrogens is 1. The van der Waals surface area contributed by atoms with Crippen molar-refractivity contribution in [3.63, 3.8) is 0 Å². The monoisotopic (exact) mass is 395 g/mol. The van der Waals surface area contributed by atoms with Crippen molar-refractivity contribution in [1.29, 1.82) is 0 Å². The van der Waals surface area contributed by atoms with Crippen LogP contribution in [0.2, 0.25) is 0 Å². The fourth-order valence-corrected chi connectivity index (χ4v) is 2.76. The van der Waals surface area contributed by atoms with E-state index in [1.807, 2.05) is 13.8 Å². The fraction of sp³-hybridized carbons (Fsp3) is 0.238. The number of para-hydroxylation sites is 1. The van der Waals surface area contributed by atoms with Crippen LogP contribution in [0.1, 0.15) is 25.8 Å². The molecule has 0 radical (unpaired) electrons. The van der Waals surface area contributed by atoms with Crippen LogP contribution in [0.5, 0.6) is 11.5 Å². The van der Waals surface area contributed by atoms with Crippen molar-refractivity contribution in [3.05, 3.63) is 53.9 Å². The van der Waals surface area contributed by atoms with Gasteiger partial charge in [-0.2, -0.15) is 0 Å². The van der Waals surface area contributed by atoms with Gasteiger partial charge < -0.3 is 9.47 Å². The van der Waals surface area contributed by atoms with E-state index in [-0.39, 0.29) is 11.7 Å². The second-order valence-electron chi connectivity index (χ2n) is 6.38. The van der Waals surface area contributed by atoms with Gasteiger partial charge in [-0.15, -0.1) is 0 Å². The van der Waals surface area contributed by atoms with E-state index in [0.29, 0.717) is 22.7 Å². The average Bonchev–Trinajstić information content (AvgIpc) is 2.72. The highest BCUT2D eigenvalue weighted by Crippen LogP contribution is 2.34. The zero-order valence-electron chi connectivity index (χ0n) is 16.3. The van der Waals surface area contributed by atoms with Crippen molar-refractivity contribution in [2.45, 2.75) is 26.4 Å². The first-order valence-electron chi connectivity index (χ1n) is 9.11. The number of nitrogens with one attached hydrogen (secondary N) is 1. The molecule has 1 atom stereocenters. The zero-order chi connectivity index (χ0) is 21.0. The molecule has 1 aliphatic heterocycles. The Labute approximate surface area is 168 Å². The van der Waals surface area contributed by atoms with E-state index in [9.17, 15) is 14.4 Å². The van der Waals surface area contributed by atoms with Crippen molar-refractivity contribution < 1.29 is 23.9 Å². The maximum atomic E-state index is 13.0. The molecular weight excluding hydrogens is 374 g/mol. The highest BCUT2D eigenvalue weighted by Gasteiger charge is 2.37. The Kier molecular flexibility index (Phi) is 5.92. The average molecular weight is 395 g/mol. The number of rotatable bonds is 6. The van der Waals surface area contributed by atoms with Crippen molar-refractivity contribution >= 4 is 29.6 Å². The van der Waals surface area contributed by atoms with E-state index in [1.165, 1.54) is 37.7 Å². The van der Waals surface area contributed by atoms with E-state index in [4.69, 9.17) is 9.47 Å². The van der Waals surface area contributed by atoms with Gasteiger partial charge in [0.1, 0.15) is 5.57 Å². The number of carbonyl (C=O) groups is 3. The third-order valence-electron chi connectivity index (χ3n) is 4.45. The lowest BCUT2D eigenvalue weighted by Crippen LogP contribution is -2.54. The molecule has 1 aliphatic rings. The molecule has 0 unspecified atom stereocenters. The summed E-state index contributed by atoms with van der Waals surface area (Å²) in [6.07, 6.45) is 4.97. The van der Waals surface area contributed by atoms with Crippen molar-refractivity contribution in [1.82, 2.24) is 10.3 Å². The number of nitrogens with zero attached hydrogens (tertiary/aromatic N) is 2. The Morgan fingerprint density at radius 1 is 1.17 bits per heavy atom. The zero-order valence-corrected chi connectivity index (χ0v) is 16.3. The first-order valence-corrected chi connectivity index (χ1v) is 9.11. The van der Waals surface area contributed by atoms with Crippen molar-refractivity contribution in [2.75, 3.05) is 12.0 Å². The van der Waals surface area contributed by atoms with Gasteiger partial charge in [0.05, 0.1) is 18.9 Å². The Hall–Kier alpha value is -3.68. The van der Waals surface area contributed by atoms with E-state index in [0.717, 1.165) is 11.3 Å². The summed E-state index contributed by atoms with van der Waals surface area (Å²) in [5.41, 5.74) is 0.610. The van der Waals surface area contributed by atoms with Gasteiger partial charge in [0.15, 0.2) is 11.5 Å². The minimum Gasteiger partial charge on any atom is -0.493 e. The summed E-state index contributed by atoms with van der Waals surface area (Å²) in [5.74, 6) is -0.611. The summed E-state index contributed by atoms with van der Waals surface area (Å²) < 4.78 is 11.3. The van der Waals surface area contributed by atoms with Gasteiger partial charge in [0.25, 0.3) is 11.8 Å². The Morgan fingerprint density at radius 2 is 1.90 bits per heavy atom. The second-order valence-corrected chi connectivity index (χ2v) is 6.38. The maximum absolute atomic E-state index is 13.0. The summed E-state index contributed by atoms with van der Waals surface area (Å²) in [5, 5.41) is 2.20. The highest BCUT2D eigenvalue weighted by atomic mass is 16.5. The molecule has 0 bridgehead atoms. The number of benzene rings is 1. The molecule has 29 heavy (non-hydrogen) atoms. The highest BCUT2D eigenvalue weighted by molar-refractivity contribution is 6.39. The third kappa shape index (κ3) is 4.11. The van der Waals surface area contributed by atoms with Crippen LogP contribution < -0.4 is 19.7 Å². The number of anilines is 1. The van der Waals surface area contributed by atoms with Gasteiger partial charge in [0, 0.05) is 18.0 Å². The third-order valence-corrected chi connectivity index (χ3v) is 4.45. The molecule has 3 rings (SSSR count). The quantitative estimate of drug-likeness (QED) is 0.597. The van der Waals surface area contributed by atoms with E-state index < -0.39 is 17.8 Å². The molecule has 150 valence electrons. The standard InChI is InChI=1S/C21H21N3O5/c1-4-13(2)29-18-14(6-5-7-17(18)28-3)12-16-19(25)23-21(27)24(20(16)26)15-8-10-22-11-9-15/h5-13H,4H2,1-3H3,(H,23,25,27)/b16-12+/t13-/m1/s1. The summed E-state index contributed by atoms with van der Waals surface area (Å²) >= 11 is 0. The Bertz CT molecular complexity index is 972. The lowest BCUT2D eigenvalue weighted by Gasteiger charge is -2.26. The molecule has 2 heterocycles. The molecule has 1 saturated heterocycles. The molecule has 0 saturated carbocycles. The number of methoxy groups -OCH3 is 1. The lowest BCUT2D eigenvalue weighted by molar-refractivity contribution is -0.122. The van der Waals surface area contributed by atoms with E-state index in [1.54, 1.807) is 18.2 Å². The molecule has 0 aliphatic carbocycles. The normalized spacial score (nSPS) is 16.6. The lowest BCUT2D eigenvalue weighted by atomic mass is 10.1. The molecule has 1 N–H and O–H groups in total. The van der Waals surface area contributed by atoms with Gasteiger partial charge >= 0.3 is 6.03 Å². The predicted molar refractivity (Wildman–Crippen MR) is 107 cm³/mol. The van der Waals surface area contributed by atoms with Gasteiger partial charge in [-0.25, -0.2) is 9.69 Å². The predicted octanol–water partition coefficient (Wildman–Crippen LogP) is 2.93. The fourth-order valence-electron chi connectivity index (χ4n) is 2.76. The van der Waals surface area contributed by atoms with Gasteiger partial charge in [0.2, 0.25) is 0 Å². The molecular formula is C21H21N3O5. The molecule has 4 amide bonds. The molecule has 1 aromatic heterocycles. The molecule has 1 fully saturated rings. The number of urea groups is 1. The number of amides is 4. The van der Waals surface area contributed by atoms with Crippen LogP contribution in [0, 0.1) is 0 Å². The number of pyridine rings is 1. The minimum absolute atomic E-state index is 0.103. The van der Waals surface area contributed by atoms with Crippen LogP contribution in [0.3, 0.4) is 0 Å². The van der Waals surface area contributed by atoms with Crippen LogP contribution in [0.15, 0.2) is 48.3 Å². The Balaban J connectivity index is 2.06. The summed E-state index contributed by atoms with van der Waals surface area (Å²) in [6.45, 7) is 3.89. The van der Waals surface area contributed by atoms with E-state index >= 15 is 0 Å². The van der Waals surface area contributed by atoms with Crippen LogP contribution in [-0.4, -0.2) is 36.0 Å². The molecule has 1 aromatic carbocycles. The molecule has 8 nitrogen and oxygen atoms in total. The first-order chi connectivity index (χ1) is 14.0. The van der Waals surface area contributed by atoms with Crippen LogP contribution in [-0.2, 0) is 9.59 Å². The topological polar surface area (TPSA) is 97.8 Å².